The quantitative estimate of drug-likeness (QED) is 0.0651. The maximum absolute atomic E-state index is 14.6. The van der Waals surface area contributed by atoms with Crippen LogP contribution in [0.15, 0.2) is 47.6 Å². The summed E-state index contributed by atoms with van der Waals surface area (Å²) in [6, 6.07) is -1.14. The molecule has 2 saturated heterocycles. The van der Waals surface area contributed by atoms with E-state index in [1.54, 1.807) is 41.1 Å². The number of ketones is 3. The molecule has 1 saturated carbocycles. The first kappa shape index (κ1) is 62.1. The molecule has 3 N–H and O–H groups in total. The Bertz CT molecular complexity index is 1900. The van der Waals surface area contributed by atoms with Gasteiger partial charge in [0, 0.05) is 71.7 Å². The second kappa shape index (κ2) is 31.0. The number of rotatable bonds is 14. The molecule has 1 aliphatic carbocycles. The zero-order chi connectivity index (χ0) is 53.8. The average molecular weight is 1030 g/mol. The van der Waals surface area contributed by atoms with Crippen LogP contribution in [-0.4, -0.2) is 145 Å². The van der Waals surface area contributed by atoms with Gasteiger partial charge in [-0.3, -0.25) is 19.2 Å². The van der Waals surface area contributed by atoms with Gasteiger partial charge in [-0.15, -0.1) is 0 Å². The monoisotopic (exact) mass is 1030 g/mol. The van der Waals surface area contributed by atoms with Crippen LogP contribution in [-0.2, 0) is 52.4 Å². The second-order valence-electron chi connectivity index (χ2n) is 21.9. The number of aliphatic hydroxyl groups is 3. The highest BCUT2D eigenvalue weighted by molar-refractivity contribution is 6.39. The number of hydrogen-bond acceptors (Lipinski definition) is 14. The topological polar surface area (TPSA) is 205 Å². The minimum atomic E-state index is -2.43. The maximum Gasteiger partial charge on any atom is 0.329 e. The van der Waals surface area contributed by atoms with E-state index in [1.165, 1.54) is 12.0 Å². The molecule has 3 fully saturated rings. The Balaban J connectivity index is 1.65. The SMILES string of the molecule is CO[C@H]1C[C@@H]2CC[C@@H](C)[C@@](O)(O2)C(=O)C(=O)N2CCCC[C@H]2C(=O)O[C@H]([C@H](C)C[C@@H]2CC[C@@H](OCCCCCCCO)[C@H](OC)C2)CC(=O)[C@H](C)/C=C(\C)[C@@H](O)[C@@H](OC)C(=O)[C@H](C)C[C@H](C)\C=C/C=C/C=C/1C. The van der Waals surface area contributed by atoms with Crippen molar-refractivity contribution in [2.75, 3.05) is 41.1 Å². The molecule has 0 aromatic carbocycles. The van der Waals surface area contributed by atoms with Gasteiger partial charge in [0.05, 0.1) is 24.4 Å². The number of esters is 1. The van der Waals surface area contributed by atoms with Crippen molar-refractivity contribution in [2.24, 2.45) is 35.5 Å². The number of allylic oxidation sites excluding steroid dienone is 6. The van der Waals surface area contributed by atoms with Crippen molar-refractivity contribution in [1.82, 2.24) is 4.90 Å². The predicted octanol–water partition coefficient (Wildman–Crippen LogP) is 8.15. The number of ether oxygens (including phenoxy) is 6. The van der Waals surface area contributed by atoms with Crippen molar-refractivity contribution in [2.45, 2.75) is 212 Å². The van der Waals surface area contributed by atoms with Gasteiger partial charge < -0.3 is 48.6 Å². The zero-order valence-electron chi connectivity index (χ0n) is 46.0. The average Bonchev–Trinajstić information content (AvgIpc) is 3.37. The van der Waals surface area contributed by atoms with Crippen molar-refractivity contribution in [3.8, 4) is 0 Å². The van der Waals surface area contributed by atoms with Crippen LogP contribution in [0.3, 0.4) is 0 Å². The fourth-order valence-corrected chi connectivity index (χ4v) is 11.3. The van der Waals surface area contributed by atoms with E-state index in [0.717, 1.165) is 56.9 Å². The van der Waals surface area contributed by atoms with Crippen LogP contribution in [0.5, 0.6) is 0 Å². The Kier molecular flexibility index (Phi) is 26.4. The largest absolute Gasteiger partial charge is 0.460 e. The summed E-state index contributed by atoms with van der Waals surface area (Å²) >= 11 is 0. The smallest absolute Gasteiger partial charge is 0.329 e. The molecule has 0 aromatic heterocycles. The Morgan fingerprint density at radius 2 is 1.53 bits per heavy atom. The number of carbonyl (C=O) groups excluding carboxylic acids is 5. The molecule has 0 spiro atoms. The van der Waals surface area contributed by atoms with Crippen molar-refractivity contribution in [1.29, 1.82) is 0 Å². The van der Waals surface area contributed by atoms with Gasteiger partial charge in [-0.1, -0.05) is 90.3 Å². The van der Waals surface area contributed by atoms with Crippen LogP contribution in [0.1, 0.15) is 158 Å². The van der Waals surface area contributed by atoms with Gasteiger partial charge in [0.2, 0.25) is 5.79 Å². The van der Waals surface area contributed by atoms with Crippen LogP contribution in [0.4, 0.5) is 0 Å². The van der Waals surface area contributed by atoms with Crippen LogP contribution in [0, 0.1) is 35.5 Å². The summed E-state index contributed by atoms with van der Waals surface area (Å²) in [5.74, 6) is -7.83. The van der Waals surface area contributed by atoms with Gasteiger partial charge in [-0.05, 0) is 120 Å². The molecular formula is C58H93NO14. The molecule has 414 valence electrons. The van der Waals surface area contributed by atoms with Gasteiger partial charge in [-0.25, -0.2) is 4.79 Å². The highest BCUT2D eigenvalue weighted by Crippen LogP contribution is 2.38. The van der Waals surface area contributed by atoms with Gasteiger partial charge in [0.25, 0.3) is 11.7 Å². The molecule has 2 bridgehead atoms. The molecule has 15 heteroatoms. The number of fused-ring (bicyclic) bond motifs is 3. The molecule has 3 aliphatic heterocycles. The number of methoxy groups -OCH3 is 3. The number of unbranched alkanes of at least 4 members (excludes halogenated alkanes) is 4. The fraction of sp³-hybridized carbons (Fsp3) is 0.776. The van der Waals surface area contributed by atoms with Crippen LogP contribution in [0.25, 0.3) is 0 Å². The molecule has 4 aliphatic rings. The molecule has 0 aromatic rings. The lowest BCUT2D eigenvalue weighted by Crippen LogP contribution is -2.61. The number of piperidine rings is 1. The van der Waals surface area contributed by atoms with Crippen molar-refractivity contribution < 1.29 is 67.7 Å². The van der Waals surface area contributed by atoms with E-state index in [0.29, 0.717) is 57.1 Å². The zero-order valence-corrected chi connectivity index (χ0v) is 46.0. The predicted molar refractivity (Wildman–Crippen MR) is 279 cm³/mol. The molecule has 3 heterocycles. The third-order valence-corrected chi connectivity index (χ3v) is 16.1. The van der Waals surface area contributed by atoms with E-state index in [-0.39, 0.29) is 67.5 Å². The first-order valence-electron chi connectivity index (χ1n) is 27.5. The number of carbonyl (C=O) groups is 5. The molecule has 73 heavy (non-hydrogen) atoms. The van der Waals surface area contributed by atoms with Crippen LogP contribution >= 0.6 is 0 Å². The summed E-state index contributed by atoms with van der Waals surface area (Å²) in [6.07, 6.45) is 17.4. The van der Waals surface area contributed by atoms with Crippen molar-refractivity contribution in [3.63, 3.8) is 0 Å². The fourth-order valence-electron chi connectivity index (χ4n) is 11.3. The number of aliphatic hydroxyl groups excluding tert-OH is 2. The van der Waals surface area contributed by atoms with E-state index in [1.807, 2.05) is 58.1 Å². The summed E-state index contributed by atoms with van der Waals surface area (Å²) in [5, 5.41) is 32.6. The van der Waals surface area contributed by atoms with E-state index in [9.17, 15) is 34.2 Å². The molecule has 0 unspecified atom stereocenters. The lowest BCUT2D eigenvalue weighted by molar-refractivity contribution is -0.265. The number of cyclic esters (lactones) is 1. The first-order chi connectivity index (χ1) is 34.8. The molecule has 4 rings (SSSR count). The van der Waals surface area contributed by atoms with Gasteiger partial charge in [0.15, 0.2) is 5.78 Å². The van der Waals surface area contributed by atoms with Crippen molar-refractivity contribution in [3.05, 3.63) is 47.6 Å². The third kappa shape index (κ3) is 18.1. The number of hydrogen-bond donors (Lipinski definition) is 3. The molecule has 0 radical (unpaired) electrons. The standard InChI is InChI=1S/C58H93NO14/c1-37-21-15-14-16-22-38(2)49(68-8)35-45-26-24-43(7)58(67,73-45)55(64)56(65)59-28-18-17-23-46(59)57(66)72-50(36-47(61)39(3)32-42(6)53(63)54(70-10)52(62)41(5)31-37)40(4)33-44-25-27-48(51(34-44)69-9)71-30-20-13-11-12-19-29-60/h14-16,21-22,32,37,39-41,43-46,48-51,53-54,60,63,67H,11-13,17-20,23-31,33-36H2,1-10H3/b16-14+,21-15-,38-22+,42-32+/t37-,39-,40-,41-,43-,44+,45+,46+,48-,49+,50+,51-,53-,54+,58-/m1/s1. The minimum Gasteiger partial charge on any atom is -0.460 e. The number of amides is 1. The Hall–Kier alpha value is -3.41. The molecular weight excluding hydrogens is 935 g/mol. The van der Waals surface area contributed by atoms with E-state index < -0.39 is 77.8 Å². The Labute approximate surface area is 436 Å². The molecule has 15 atom stereocenters. The second-order valence-corrected chi connectivity index (χ2v) is 21.9. The molecule has 15 nitrogen and oxygen atoms in total. The third-order valence-electron chi connectivity index (χ3n) is 16.1. The van der Waals surface area contributed by atoms with Crippen LogP contribution in [0.2, 0.25) is 0 Å². The van der Waals surface area contributed by atoms with Gasteiger partial charge in [-0.2, -0.15) is 0 Å². The highest BCUT2D eigenvalue weighted by Gasteiger charge is 2.53. The van der Waals surface area contributed by atoms with Gasteiger partial charge >= 0.3 is 5.97 Å². The minimum absolute atomic E-state index is 0.0176. The summed E-state index contributed by atoms with van der Waals surface area (Å²) in [6.45, 7) is 13.7. The lowest BCUT2D eigenvalue weighted by atomic mass is 9.78. The van der Waals surface area contributed by atoms with Crippen molar-refractivity contribution >= 4 is 29.2 Å². The number of Topliss-reactive ketones (excluding diaryl/α,β-unsaturated/α-hetero) is 3. The highest BCUT2D eigenvalue weighted by atomic mass is 16.6. The summed E-state index contributed by atoms with van der Waals surface area (Å²) in [5.41, 5.74) is 1.28. The van der Waals surface area contributed by atoms with E-state index in [4.69, 9.17) is 33.5 Å². The van der Waals surface area contributed by atoms with Crippen LogP contribution < -0.4 is 0 Å². The summed E-state index contributed by atoms with van der Waals surface area (Å²) in [7, 11) is 4.66. The van der Waals surface area contributed by atoms with E-state index in [2.05, 4.69) is 0 Å². The van der Waals surface area contributed by atoms with E-state index >= 15 is 0 Å². The maximum atomic E-state index is 14.6. The van der Waals surface area contributed by atoms with Gasteiger partial charge in [0.1, 0.15) is 30.1 Å². The molecule has 1 amide bonds. The normalized spacial score (nSPS) is 37.3. The Morgan fingerprint density at radius 1 is 0.808 bits per heavy atom. The first-order valence-corrected chi connectivity index (χ1v) is 27.5. The lowest BCUT2D eigenvalue weighted by Gasteiger charge is -2.42. The Morgan fingerprint density at radius 3 is 2.23 bits per heavy atom. The number of nitrogens with zero attached hydrogens (tertiary/aromatic N) is 1. The summed E-state index contributed by atoms with van der Waals surface area (Å²) < 4.78 is 36.3. The summed E-state index contributed by atoms with van der Waals surface area (Å²) in [4.78, 5) is 72.6.